The molecule has 15 heavy (non-hydrogen) atoms. The lowest BCUT2D eigenvalue weighted by atomic mass is 9.90. The minimum atomic E-state index is -0.620. The van der Waals surface area contributed by atoms with Gasteiger partial charge < -0.3 is 5.73 Å². The molecule has 0 fully saturated rings. The van der Waals surface area contributed by atoms with Crippen LogP contribution in [0.4, 0.5) is 4.79 Å². The summed E-state index contributed by atoms with van der Waals surface area (Å²) in [6.45, 7) is 0. The number of nitrogens with two attached hydrogens (primary N) is 1. The summed E-state index contributed by atoms with van der Waals surface area (Å²) in [6, 6.07) is 7.49. The minimum absolute atomic E-state index is 0.620. The fourth-order valence-corrected chi connectivity index (χ4v) is 1.84. The molecule has 1 aromatic rings. The van der Waals surface area contributed by atoms with Crippen LogP contribution >= 0.6 is 0 Å². The first kappa shape index (κ1) is 9.71. The quantitative estimate of drug-likeness (QED) is 0.665. The second-order valence-corrected chi connectivity index (χ2v) is 3.55. The summed E-state index contributed by atoms with van der Waals surface area (Å²) in [5.41, 5.74) is 10.6. The lowest BCUT2D eigenvalue weighted by Crippen LogP contribution is -2.27. The van der Waals surface area contributed by atoms with Crippen molar-refractivity contribution < 1.29 is 4.79 Å². The Labute approximate surface area is 88.2 Å². The number of benzene rings is 1. The molecule has 4 nitrogen and oxygen atoms in total. The number of fused-ring (bicyclic) bond motifs is 1. The van der Waals surface area contributed by atoms with Crippen LogP contribution in [0.1, 0.15) is 24.0 Å². The van der Waals surface area contributed by atoms with Crippen molar-refractivity contribution in [3.05, 3.63) is 35.4 Å². The standard InChI is InChI=1S/C11H13N3O/c12-11(15)14-13-10-7-3-5-8-4-1-2-6-9(8)10/h1-2,4,6H,3,5,7H2,(H3,12,14,15)/b13-10-. The first-order chi connectivity index (χ1) is 7.27. The van der Waals surface area contributed by atoms with E-state index in [9.17, 15) is 4.79 Å². The number of primary amides is 1. The molecule has 0 bridgehead atoms. The number of carbonyl (C=O) groups excluding carboxylic acids is 1. The molecule has 0 radical (unpaired) electrons. The van der Waals surface area contributed by atoms with E-state index in [0.717, 1.165) is 30.5 Å². The van der Waals surface area contributed by atoms with Crippen LogP contribution < -0.4 is 11.2 Å². The van der Waals surface area contributed by atoms with Gasteiger partial charge in [-0.3, -0.25) is 0 Å². The van der Waals surface area contributed by atoms with E-state index in [0.29, 0.717) is 0 Å². The Balaban J connectivity index is 2.29. The van der Waals surface area contributed by atoms with Gasteiger partial charge in [0.05, 0.1) is 5.71 Å². The zero-order valence-electron chi connectivity index (χ0n) is 8.36. The molecule has 0 heterocycles. The van der Waals surface area contributed by atoms with Gasteiger partial charge in [0.2, 0.25) is 0 Å². The van der Waals surface area contributed by atoms with E-state index < -0.39 is 6.03 Å². The number of nitrogens with one attached hydrogen (secondary N) is 1. The van der Waals surface area contributed by atoms with Crippen LogP contribution in [-0.2, 0) is 6.42 Å². The predicted octanol–water partition coefficient (Wildman–Crippen LogP) is 1.40. The average Bonchev–Trinajstić information content (AvgIpc) is 2.26. The fourth-order valence-electron chi connectivity index (χ4n) is 1.84. The third kappa shape index (κ3) is 2.15. The molecule has 0 saturated carbocycles. The molecule has 1 aliphatic rings. The third-order valence-electron chi connectivity index (χ3n) is 2.49. The molecule has 1 aromatic carbocycles. The topological polar surface area (TPSA) is 67.5 Å². The van der Waals surface area contributed by atoms with Gasteiger partial charge in [-0.25, -0.2) is 10.2 Å². The van der Waals surface area contributed by atoms with Crippen molar-refractivity contribution in [2.24, 2.45) is 10.8 Å². The number of rotatable bonds is 1. The number of hydrogen-bond donors (Lipinski definition) is 2. The Morgan fingerprint density at radius 2 is 2.13 bits per heavy atom. The van der Waals surface area contributed by atoms with E-state index in [1.807, 2.05) is 18.2 Å². The SMILES string of the molecule is NC(=O)N/N=C1/CCCc2ccccc21. The van der Waals surface area contributed by atoms with Gasteiger partial charge in [-0.1, -0.05) is 24.3 Å². The summed E-state index contributed by atoms with van der Waals surface area (Å²) in [5, 5.41) is 4.02. The summed E-state index contributed by atoms with van der Waals surface area (Å²) in [5.74, 6) is 0. The van der Waals surface area contributed by atoms with Gasteiger partial charge in [-0.15, -0.1) is 0 Å². The Morgan fingerprint density at radius 1 is 1.33 bits per heavy atom. The molecule has 0 aliphatic heterocycles. The van der Waals surface area contributed by atoms with Crippen LogP contribution in [0.5, 0.6) is 0 Å². The average molecular weight is 203 g/mol. The fraction of sp³-hybridized carbons (Fsp3) is 0.273. The molecule has 0 aromatic heterocycles. The molecule has 0 saturated heterocycles. The van der Waals surface area contributed by atoms with E-state index >= 15 is 0 Å². The van der Waals surface area contributed by atoms with Crippen LogP contribution in [0.15, 0.2) is 29.4 Å². The van der Waals surface area contributed by atoms with Gasteiger partial charge in [-0.2, -0.15) is 5.10 Å². The summed E-state index contributed by atoms with van der Waals surface area (Å²) < 4.78 is 0. The van der Waals surface area contributed by atoms with Gasteiger partial charge in [0.25, 0.3) is 0 Å². The molecule has 2 amide bonds. The molecule has 78 valence electrons. The second kappa shape index (κ2) is 4.13. The number of nitrogens with zero attached hydrogens (tertiary/aromatic N) is 1. The van der Waals surface area contributed by atoms with Crippen molar-refractivity contribution in [3.8, 4) is 0 Å². The summed E-state index contributed by atoms with van der Waals surface area (Å²) in [4.78, 5) is 10.6. The first-order valence-electron chi connectivity index (χ1n) is 4.97. The van der Waals surface area contributed by atoms with Crippen molar-refractivity contribution in [3.63, 3.8) is 0 Å². The van der Waals surface area contributed by atoms with E-state index in [-0.39, 0.29) is 0 Å². The zero-order valence-corrected chi connectivity index (χ0v) is 8.36. The lowest BCUT2D eigenvalue weighted by molar-refractivity contribution is 0.249. The van der Waals surface area contributed by atoms with Crippen LogP contribution in [-0.4, -0.2) is 11.7 Å². The van der Waals surface area contributed by atoms with Crippen molar-refractivity contribution in [2.75, 3.05) is 0 Å². The maximum absolute atomic E-state index is 10.6. The first-order valence-corrected chi connectivity index (χ1v) is 4.97. The van der Waals surface area contributed by atoms with Gasteiger partial charge in [0.1, 0.15) is 0 Å². The molecular weight excluding hydrogens is 190 g/mol. The smallest absolute Gasteiger partial charge is 0.332 e. The molecule has 4 heteroatoms. The summed E-state index contributed by atoms with van der Waals surface area (Å²) in [6.07, 6.45) is 3.03. The normalized spacial score (nSPS) is 17.2. The van der Waals surface area contributed by atoms with Gasteiger partial charge in [0.15, 0.2) is 0 Å². The largest absolute Gasteiger partial charge is 0.350 e. The number of urea groups is 1. The molecule has 0 spiro atoms. The molecule has 2 rings (SSSR count). The predicted molar refractivity (Wildman–Crippen MR) is 58.6 cm³/mol. The number of carbonyl (C=O) groups is 1. The Hall–Kier alpha value is -1.84. The number of hydrazone groups is 1. The maximum atomic E-state index is 10.6. The van der Waals surface area contributed by atoms with E-state index in [1.165, 1.54) is 5.56 Å². The third-order valence-corrected chi connectivity index (χ3v) is 2.49. The Morgan fingerprint density at radius 3 is 2.93 bits per heavy atom. The van der Waals surface area contributed by atoms with Crippen molar-refractivity contribution in [1.82, 2.24) is 5.43 Å². The van der Waals surface area contributed by atoms with Crippen LogP contribution in [0.2, 0.25) is 0 Å². The second-order valence-electron chi connectivity index (χ2n) is 3.55. The number of hydrogen-bond acceptors (Lipinski definition) is 2. The van der Waals surface area contributed by atoms with Gasteiger partial charge in [-0.05, 0) is 24.8 Å². The monoisotopic (exact) mass is 203 g/mol. The molecule has 0 unspecified atom stereocenters. The van der Waals surface area contributed by atoms with Crippen molar-refractivity contribution in [1.29, 1.82) is 0 Å². The number of aryl methyl sites for hydroxylation is 1. The van der Waals surface area contributed by atoms with E-state index in [4.69, 9.17) is 5.73 Å². The maximum Gasteiger partial charge on any atom is 0.332 e. The Bertz CT molecular complexity index is 412. The lowest BCUT2D eigenvalue weighted by Gasteiger charge is -2.17. The summed E-state index contributed by atoms with van der Waals surface area (Å²) in [7, 11) is 0. The van der Waals surface area contributed by atoms with Crippen molar-refractivity contribution in [2.45, 2.75) is 19.3 Å². The van der Waals surface area contributed by atoms with Gasteiger partial charge >= 0.3 is 6.03 Å². The van der Waals surface area contributed by atoms with Crippen LogP contribution in [0.3, 0.4) is 0 Å². The molecular formula is C11H13N3O. The molecule has 3 N–H and O–H groups in total. The van der Waals surface area contributed by atoms with E-state index in [2.05, 4.69) is 16.6 Å². The highest BCUT2D eigenvalue weighted by Gasteiger charge is 2.14. The van der Waals surface area contributed by atoms with Crippen LogP contribution in [0, 0.1) is 0 Å². The molecule has 0 atom stereocenters. The van der Waals surface area contributed by atoms with Crippen molar-refractivity contribution >= 4 is 11.7 Å². The summed E-state index contributed by atoms with van der Waals surface area (Å²) >= 11 is 0. The highest BCUT2D eigenvalue weighted by atomic mass is 16.2. The highest BCUT2D eigenvalue weighted by molar-refractivity contribution is 6.03. The highest BCUT2D eigenvalue weighted by Crippen LogP contribution is 2.20. The molecule has 1 aliphatic carbocycles. The Kier molecular flexibility index (Phi) is 2.67. The van der Waals surface area contributed by atoms with Gasteiger partial charge in [0, 0.05) is 5.56 Å². The minimum Gasteiger partial charge on any atom is -0.350 e. The van der Waals surface area contributed by atoms with Crippen LogP contribution in [0.25, 0.3) is 0 Å². The number of amides is 2. The zero-order chi connectivity index (χ0) is 10.7. The van der Waals surface area contributed by atoms with E-state index in [1.54, 1.807) is 0 Å².